The Morgan fingerprint density at radius 1 is 1.22 bits per heavy atom. The summed E-state index contributed by atoms with van der Waals surface area (Å²) in [5.41, 5.74) is 1.94. The molecule has 0 spiro atoms. The fraction of sp³-hybridized carbons (Fsp3) is 0.409. The highest BCUT2D eigenvalue weighted by atomic mass is 32.1. The van der Waals surface area contributed by atoms with Gasteiger partial charge >= 0.3 is 0 Å². The van der Waals surface area contributed by atoms with Crippen LogP contribution in [0.3, 0.4) is 0 Å². The van der Waals surface area contributed by atoms with Crippen molar-refractivity contribution in [3.63, 3.8) is 0 Å². The van der Waals surface area contributed by atoms with Crippen LogP contribution in [-0.4, -0.2) is 23.6 Å². The first-order chi connectivity index (χ1) is 13.2. The highest BCUT2D eigenvalue weighted by Gasteiger charge is 2.40. The molecule has 0 aliphatic heterocycles. The minimum atomic E-state index is 0.0736. The van der Waals surface area contributed by atoms with Gasteiger partial charge < -0.3 is 14.6 Å². The van der Waals surface area contributed by atoms with Gasteiger partial charge in [-0.2, -0.15) is 0 Å². The van der Waals surface area contributed by atoms with Crippen molar-refractivity contribution in [1.82, 2.24) is 9.88 Å². The van der Waals surface area contributed by atoms with Crippen molar-refractivity contribution < 1.29 is 9.53 Å². The van der Waals surface area contributed by atoms with Crippen molar-refractivity contribution in [3.8, 4) is 5.75 Å². The molecule has 1 aromatic carbocycles. The largest absolute Gasteiger partial charge is 0.497 e. The molecule has 5 rings (SSSR count). The highest BCUT2D eigenvalue weighted by Crippen LogP contribution is 2.44. The van der Waals surface area contributed by atoms with E-state index in [1.807, 2.05) is 18.2 Å². The Morgan fingerprint density at radius 2 is 2.07 bits per heavy atom. The number of hydrogen-bond donors (Lipinski definition) is 1. The summed E-state index contributed by atoms with van der Waals surface area (Å²) in [6, 6.07) is 12.6. The van der Waals surface area contributed by atoms with Crippen LogP contribution in [0.2, 0.25) is 0 Å². The number of carbonyl (C=O) groups excluding carboxylic acids is 1. The molecule has 3 aromatic rings. The van der Waals surface area contributed by atoms with E-state index in [1.54, 1.807) is 18.4 Å². The monoisotopic (exact) mass is 380 g/mol. The summed E-state index contributed by atoms with van der Waals surface area (Å²) >= 11 is 1.69. The summed E-state index contributed by atoms with van der Waals surface area (Å²) in [5.74, 6) is 2.44. The Morgan fingerprint density at radius 3 is 2.78 bits per heavy atom. The Bertz CT molecular complexity index is 972. The predicted molar refractivity (Wildman–Crippen MR) is 109 cm³/mol. The topological polar surface area (TPSA) is 43.3 Å². The second-order valence-corrected chi connectivity index (χ2v) is 8.79. The number of thiophene rings is 1. The Hall–Kier alpha value is -2.27. The van der Waals surface area contributed by atoms with Gasteiger partial charge in [0.05, 0.1) is 7.11 Å². The average molecular weight is 381 g/mol. The zero-order valence-electron chi connectivity index (χ0n) is 15.5. The van der Waals surface area contributed by atoms with Gasteiger partial charge in [0.25, 0.3) is 5.91 Å². The minimum absolute atomic E-state index is 0.0736. The van der Waals surface area contributed by atoms with Crippen LogP contribution in [0.25, 0.3) is 10.2 Å². The average Bonchev–Trinajstić information content (AvgIpc) is 3.44. The quantitative estimate of drug-likeness (QED) is 0.698. The van der Waals surface area contributed by atoms with Crippen molar-refractivity contribution in [1.29, 1.82) is 0 Å². The van der Waals surface area contributed by atoms with Crippen LogP contribution in [0.5, 0.6) is 5.75 Å². The smallest absolute Gasteiger partial charge is 0.268 e. The van der Waals surface area contributed by atoms with Crippen molar-refractivity contribution in [2.24, 2.45) is 11.8 Å². The second-order valence-electron chi connectivity index (χ2n) is 7.90. The van der Waals surface area contributed by atoms with E-state index in [-0.39, 0.29) is 5.91 Å². The highest BCUT2D eigenvalue weighted by molar-refractivity contribution is 7.16. The standard InChI is InChI=1S/C22H24N2O2S/c1-26-18-6-3-14(4-7-18)13-24-20(12-17-8-9-27-22(17)24)21(25)23-19-11-15-2-5-16(19)10-15/h3-4,6-9,12,15-16,19H,2,5,10-11,13H2,1H3,(H,23,25)/t15-,16-,19-/m0/s1. The summed E-state index contributed by atoms with van der Waals surface area (Å²) in [7, 11) is 1.67. The van der Waals surface area contributed by atoms with Crippen LogP contribution in [0.4, 0.5) is 0 Å². The first kappa shape index (κ1) is 16.9. The predicted octanol–water partition coefficient (Wildman–Crippen LogP) is 4.68. The third-order valence-electron chi connectivity index (χ3n) is 6.29. The minimum Gasteiger partial charge on any atom is -0.497 e. The zero-order chi connectivity index (χ0) is 18.4. The normalized spacial score (nSPS) is 23.8. The number of fused-ring (bicyclic) bond motifs is 3. The van der Waals surface area contributed by atoms with Gasteiger partial charge in [-0.25, -0.2) is 0 Å². The van der Waals surface area contributed by atoms with E-state index in [1.165, 1.54) is 19.3 Å². The number of nitrogens with one attached hydrogen (secondary N) is 1. The summed E-state index contributed by atoms with van der Waals surface area (Å²) in [6.45, 7) is 0.688. The number of nitrogens with zero attached hydrogens (tertiary/aromatic N) is 1. The van der Waals surface area contributed by atoms with Gasteiger partial charge in [-0.15, -0.1) is 11.3 Å². The fourth-order valence-electron chi connectivity index (χ4n) is 4.90. The number of methoxy groups -OCH3 is 1. The van der Waals surface area contributed by atoms with Crippen LogP contribution >= 0.6 is 11.3 Å². The summed E-state index contributed by atoms with van der Waals surface area (Å²) in [6.07, 6.45) is 5.08. The molecule has 0 radical (unpaired) electrons. The molecule has 0 saturated heterocycles. The van der Waals surface area contributed by atoms with Gasteiger partial charge in [0.15, 0.2) is 0 Å². The van der Waals surface area contributed by atoms with Gasteiger partial charge in [0.1, 0.15) is 16.3 Å². The molecule has 2 heterocycles. The van der Waals surface area contributed by atoms with Crippen molar-refractivity contribution in [3.05, 3.63) is 53.0 Å². The van der Waals surface area contributed by atoms with E-state index in [0.29, 0.717) is 18.5 Å². The lowest BCUT2D eigenvalue weighted by molar-refractivity contribution is 0.0914. The SMILES string of the molecule is COc1ccc(Cn2c(C(=O)N[C@H]3C[C@H]4CC[C@H]3C4)cc3ccsc32)cc1. The number of carbonyl (C=O) groups is 1. The molecular weight excluding hydrogens is 356 g/mol. The molecule has 2 bridgehead atoms. The third kappa shape index (κ3) is 3.04. The van der Waals surface area contributed by atoms with Gasteiger partial charge in [-0.3, -0.25) is 4.79 Å². The van der Waals surface area contributed by atoms with Crippen LogP contribution < -0.4 is 10.1 Å². The maximum atomic E-state index is 13.1. The summed E-state index contributed by atoms with van der Waals surface area (Å²) in [4.78, 5) is 14.3. The maximum absolute atomic E-state index is 13.1. The molecule has 4 nitrogen and oxygen atoms in total. The molecule has 5 heteroatoms. The maximum Gasteiger partial charge on any atom is 0.268 e. The molecule has 1 N–H and O–H groups in total. The van der Waals surface area contributed by atoms with Crippen LogP contribution in [0.1, 0.15) is 41.7 Å². The van der Waals surface area contributed by atoms with E-state index < -0.39 is 0 Å². The summed E-state index contributed by atoms with van der Waals surface area (Å²) in [5, 5.41) is 6.58. The van der Waals surface area contributed by atoms with Crippen LogP contribution in [-0.2, 0) is 6.54 Å². The second kappa shape index (κ2) is 6.71. The molecule has 1 amide bonds. The van der Waals surface area contributed by atoms with Gasteiger partial charge in [-0.1, -0.05) is 18.6 Å². The van der Waals surface area contributed by atoms with E-state index in [4.69, 9.17) is 4.74 Å². The van der Waals surface area contributed by atoms with Crippen LogP contribution in [0, 0.1) is 11.8 Å². The number of aromatic nitrogens is 1. The summed E-state index contributed by atoms with van der Waals surface area (Å²) < 4.78 is 7.41. The molecule has 27 heavy (non-hydrogen) atoms. The van der Waals surface area contributed by atoms with Crippen molar-refractivity contribution in [2.45, 2.75) is 38.3 Å². The van der Waals surface area contributed by atoms with E-state index >= 15 is 0 Å². The Balaban J connectivity index is 1.42. The van der Waals surface area contributed by atoms with E-state index in [2.05, 4.69) is 33.5 Å². The fourth-order valence-corrected chi connectivity index (χ4v) is 5.79. The first-order valence-corrected chi connectivity index (χ1v) is 10.6. The van der Waals surface area contributed by atoms with Gasteiger partial charge in [-0.05, 0) is 66.3 Å². The molecule has 3 atom stereocenters. The number of hydrogen-bond acceptors (Lipinski definition) is 3. The molecule has 2 aliphatic carbocycles. The van der Waals surface area contributed by atoms with Gasteiger partial charge in [0.2, 0.25) is 0 Å². The van der Waals surface area contributed by atoms with E-state index in [0.717, 1.165) is 39.6 Å². The molecule has 0 unspecified atom stereocenters. The van der Waals surface area contributed by atoms with Crippen molar-refractivity contribution in [2.75, 3.05) is 7.11 Å². The number of amides is 1. The molecule has 140 valence electrons. The molecule has 2 aliphatic rings. The lowest BCUT2D eigenvalue weighted by Gasteiger charge is -2.23. The lowest BCUT2D eigenvalue weighted by Crippen LogP contribution is -2.39. The Labute approximate surface area is 163 Å². The molecule has 2 fully saturated rings. The third-order valence-corrected chi connectivity index (χ3v) is 7.24. The van der Waals surface area contributed by atoms with E-state index in [9.17, 15) is 4.79 Å². The number of ether oxygens (including phenoxy) is 1. The molecule has 2 aromatic heterocycles. The first-order valence-electron chi connectivity index (χ1n) is 9.72. The molecule has 2 saturated carbocycles. The van der Waals surface area contributed by atoms with Gasteiger partial charge in [0, 0.05) is 18.0 Å². The molecular formula is C22H24N2O2S. The number of rotatable bonds is 5. The van der Waals surface area contributed by atoms with Crippen molar-refractivity contribution >= 4 is 27.5 Å². The Kier molecular flexibility index (Phi) is 4.20. The lowest BCUT2D eigenvalue weighted by atomic mass is 9.95. The number of benzene rings is 1. The van der Waals surface area contributed by atoms with Crippen LogP contribution in [0.15, 0.2) is 41.8 Å². The zero-order valence-corrected chi connectivity index (χ0v) is 16.3.